The number of nitrogens with one attached hydrogen (secondary N) is 1. The van der Waals surface area contributed by atoms with E-state index in [1.54, 1.807) is 0 Å². The molecular formula is C13H25N. The lowest BCUT2D eigenvalue weighted by Gasteiger charge is -2.05. The highest BCUT2D eigenvalue weighted by Crippen LogP contribution is 2.25. The average molecular weight is 195 g/mol. The van der Waals surface area contributed by atoms with Crippen molar-refractivity contribution in [2.45, 2.75) is 46.0 Å². The standard InChI is InChI=1S/C13H25N/c1-12(2)11-14-10-6-5-9-13-7-3-4-8-13/h5,9,12-14H,3-4,6-8,10-11H2,1-2H3. The molecule has 14 heavy (non-hydrogen) atoms. The second kappa shape index (κ2) is 7.05. The van der Waals surface area contributed by atoms with Crippen molar-refractivity contribution >= 4 is 0 Å². The Kier molecular flexibility index (Phi) is 5.93. The normalized spacial score (nSPS) is 18.8. The molecule has 0 aromatic carbocycles. The fourth-order valence-corrected chi connectivity index (χ4v) is 2.01. The quantitative estimate of drug-likeness (QED) is 0.506. The van der Waals surface area contributed by atoms with Gasteiger partial charge in [-0.3, -0.25) is 0 Å². The summed E-state index contributed by atoms with van der Waals surface area (Å²) in [5.74, 6) is 1.67. The Morgan fingerprint density at radius 2 is 2.00 bits per heavy atom. The number of rotatable bonds is 6. The van der Waals surface area contributed by atoms with E-state index in [0.717, 1.165) is 24.9 Å². The molecule has 0 radical (unpaired) electrons. The van der Waals surface area contributed by atoms with Crippen molar-refractivity contribution < 1.29 is 0 Å². The first kappa shape index (κ1) is 11.8. The highest BCUT2D eigenvalue weighted by Gasteiger charge is 2.10. The first-order valence-corrected chi connectivity index (χ1v) is 6.16. The van der Waals surface area contributed by atoms with E-state index in [9.17, 15) is 0 Å². The largest absolute Gasteiger partial charge is 0.316 e. The van der Waals surface area contributed by atoms with Crippen LogP contribution in [0.5, 0.6) is 0 Å². The van der Waals surface area contributed by atoms with Gasteiger partial charge in [-0.15, -0.1) is 0 Å². The van der Waals surface area contributed by atoms with Gasteiger partial charge >= 0.3 is 0 Å². The van der Waals surface area contributed by atoms with Crippen molar-refractivity contribution in [3.63, 3.8) is 0 Å². The Morgan fingerprint density at radius 3 is 2.64 bits per heavy atom. The Labute approximate surface area is 89.0 Å². The molecule has 0 heterocycles. The molecule has 1 aliphatic carbocycles. The molecule has 1 N–H and O–H groups in total. The number of hydrogen-bond donors (Lipinski definition) is 1. The van der Waals surface area contributed by atoms with Crippen LogP contribution in [0.25, 0.3) is 0 Å². The minimum atomic E-state index is 0.772. The third kappa shape index (κ3) is 5.43. The summed E-state index contributed by atoms with van der Waals surface area (Å²) in [6.07, 6.45) is 11.7. The smallest absolute Gasteiger partial charge is 0.00142 e. The number of hydrogen-bond acceptors (Lipinski definition) is 1. The van der Waals surface area contributed by atoms with Crippen LogP contribution in [0.3, 0.4) is 0 Å². The zero-order chi connectivity index (χ0) is 10.2. The predicted molar refractivity (Wildman–Crippen MR) is 63.4 cm³/mol. The Morgan fingerprint density at radius 1 is 1.29 bits per heavy atom. The van der Waals surface area contributed by atoms with Gasteiger partial charge in [-0.05, 0) is 44.2 Å². The molecule has 0 unspecified atom stereocenters. The van der Waals surface area contributed by atoms with Gasteiger partial charge in [0.15, 0.2) is 0 Å². The molecule has 1 aliphatic rings. The van der Waals surface area contributed by atoms with Crippen LogP contribution < -0.4 is 5.32 Å². The zero-order valence-electron chi connectivity index (χ0n) is 9.76. The second-order valence-corrected chi connectivity index (χ2v) is 4.86. The molecule has 0 aliphatic heterocycles. The van der Waals surface area contributed by atoms with Crippen molar-refractivity contribution in [2.24, 2.45) is 11.8 Å². The molecule has 0 spiro atoms. The third-order valence-corrected chi connectivity index (χ3v) is 2.85. The fourth-order valence-electron chi connectivity index (χ4n) is 2.01. The maximum atomic E-state index is 3.46. The fraction of sp³-hybridized carbons (Fsp3) is 0.846. The van der Waals surface area contributed by atoms with Crippen LogP contribution in [-0.4, -0.2) is 13.1 Å². The van der Waals surface area contributed by atoms with E-state index in [1.165, 1.54) is 32.1 Å². The van der Waals surface area contributed by atoms with Gasteiger partial charge < -0.3 is 5.32 Å². The van der Waals surface area contributed by atoms with E-state index in [2.05, 4.69) is 31.3 Å². The monoisotopic (exact) mass is 195 g/mol. The topological polar surface area (TPSA) is 12.0 Å². The summed E-state index contributed by atoms with van der Waals surface area (Å²) in [5, 5.41) is 3.46. The lowest BCUT2D eigenvalue weighted by molar-refractivity contribution is 0.556. The Bertz CT molecular complexity index is 155. The van der Waals surface area contributed by atoms with E-state index < -0.39 is 0 Å². The van der Waals surface area contributed by atoms with Gasteiger partial charge in [-0.2, -0.15) is 0 Å². The van der Waals surface area contributed by atoms with Crippen LogP contribution in [-0.2, 0) is 0 Å². The molecule has 1 fully saturated rings. The van der Waals surface area contributed by atoms with E-state index in [0.29, 0.717) is 0 Å². The molecular weight excluding hydrogens is 170 g/mol. The van der Waals surface area contributed by atoms with Gasteiger partial charge in [0.05, 0.1) is 0 Å². The second-order valence-electron chi connectivity index (χ2n) is 4.86. The molecule has 0 amide bonds. The summed E-state index contributed by atoms with van der Waals surface area (Å²) >= 11 is 0. The molecule has 0 bridgehead atoms. The third-order valence-electron chi connectivity index (χ3n) is 2.85. The lowest BCUT2D eigenvalue weighted by atomic mass is 10.1. The minimum absolute atomic E-state index is 0.772. The van der Waals surface area contributed by atoms with Crippen molar-refractivity contribution in [3.8, 4) is 0 Å². The molecule has 0 aromatic rings. The van der Waals surface area contributed by atoms with Gasteiger partial charge in [0.25, 0.3) is 0 Å². The Hall–Kier alpha value is -0.300. The van der Waals surface area contributed by atoms with E-state index in [4.69, 9.17) is 0 Å². The minimum Gasteiger partial charge on any atom is -0.316 e. The highest BCUT2D eigenvalue weighted by molar-refractivity contribution is 4.90. The summed E-state index contributed by atoms with van der Waals surface area (Å²) in [6, 6.07) is 0. The van der Waals surface area contributed by atoms with Crippen LogP contribution in [0.4, 0.5) is 0 Å². The summed E-state index contributed by atoms with van der Waals surface area (Å²) in [6.45, 7) is 6.79. The van der Waals surface area contributed by atoms with E-state index in [-0.39, 0.29) is 0 Å². The molecule has 1 heteroatoms. The highest BCUT2D eigenvalue weighted by atomic mass is 14.8. The van der Waals surface area contributed by atoms with Crippen molar-refractivity contribution in [1.29, 1.82) is 0 Å². The van der Waals surface area contributed by atoms with Crippen molar-refractivity contribution in [3.05, 3.63) is 12.2 Å². The van der Waals surface area contributed by atoms with Crippen molar-refractivity contribution in [1.82, 2.24) is 5.32 Å². The lowest BCUT2D eigenvalue weighted by Crippen LogP contribution is -2.20. The summed E-state index contributed by atoms with van der Waals surface area (Å²) in [7, 11) is 0. The molecule has 1 saturated carbocycles. The Balaban J connectivity index is 1.92. The zero-order valence-corrected chi connectivity index (χ0v) is 9.76. The maximum Gasteiger partial charge on any atom is -0.00142 e. The summed E-state index contributed by atoms with van der Waals surface area (Å²) in [4.78, 5) is 0. The van der Waals surface area contributed by atoms with Gasteiger partial charge in [0.1, 0.15) is 0 Å². The first-order valence-electron chi connectivity index (χ1n) is 6.16. The number of allylic oxidation sites excluding steroid dienone is 1. The van der Waals surface area contributed by atoms with Gasteiger partial charge in [-0.1, -0.05) is 38.8 Å². The maximum absolute atomic E-state index is 3.46. The summed E-state index contributed by atoms with van der Waals surface area (Å²) in [5.41, 5.74) is 0. The first-order chi connectivity index (χ1) is 6.79. The summed E-state index contributed by atoms with van der Waals surface area (Å²) < 4.78 is 0. The molecule has 1 nitrogen and oxygen atoms in total. The molecule has 1 rings (SSSR count). The predicted octanol–water partition coefficient (Wildman–Crippen LogP) is 3.37. The van der Waals surface area contributed by atoms with Gasteiger partial charge in [0.2, 0.25) is 0 Å². The molecule has 0 atom stereocenters. The molecule has 0 saturated heterocycles. The van der Waals surface area contributed by atoms with E-state index >= 15 is 0 Å². The molecule has 0 aromatic heterocycles. The van der Waals surface area contributed by atoms with Crippen LogP contribution in [0.2, 0.25) is 0 Å². The molecule has 82 valence electrons. The van der Waals surface area contributed by atoms with Crippen LogP contribution in [0.15, 0.2) is 12.2 Å². The van der Waals surface area contributed by atoms with Gasteiger partial charge in [-0.25, -0.2) is 0 Å². The van der Waals surface area contributed by atoms with Gasteiger partial charge in [0, 0.05) is 0 Å². The SMILES string of the molecule is CC(C)CNCCC=CC1CCCC1. The van der Waals surface area contributed by atoms with Crippen LogP contribution in [0.1, 0.15) is 46.0 Å². The van der Waals surface area contributed by atoms with Crippen LogP contribution >= 0.6 is 0 Å². The average Bonchev–Trinajstić information content (AvgIpc) is 2.63. The van der Waals surface area contributed by atoms with Crippen LogP contribution in [0, 0.1) is 11.8 Å². The van der Waals surface area contributed by atoms with E-state index in [1.807, 2.05) is 0 Å². The van der Waals surface area contributed by atoms with Crippen molar-refractivity contribution in [2.75, 3.05) is 13.1 Å².